The normalized spacial score (nSPS) is 18.1. The van der Waals surface area contributed by atoms with Crippen LogP contribution >= 0.6 is 0 Å². The largest absolute Gasteiger partial charge is 0.497 e. The molecule has 3 rings (SSSR count). The van der Waals surface area contributed by atoms with Gasteiger partial charge in [-0.1, -0.05) is 6.07 Å². The van der Waals surface area contributed by atoms with Gasteiger partial charge in [-0.05, 0) is 63.6 Å². The van der Waals surface area contributed by atoms with Gasteiger partial charge in [-0.3, -0.25) is 9.59 Å². The van der Waals surface area contributed by atoms with E-state index in [9.17, 15) is 14.4 Å². The van der Waals surface area contributed by atoms with Crippen molar-refractivity contribution in [2.75, 3.05) is 33.3 Å². The summed E-state index contributed by atoms with van der Waals surface area (Å²) in [6.07, 6.45) is 3.34. The fourth-order valence-corrected chi connectivity index (χ4v) is 4.28. The Morgan fingerprint density at radius 3 is 2.29 bits per heavy atom. The second-order valence-electron chi connectivity index (χ2n) is 8.64. The summed E-state index contributed by atoms with van der Waals surface area (Å²) < 4.78 is 5.22. The quantitative estimate of drug-likeness (QED) is 0.724. The van der Waals surface area contributed by atoms with Gasteiger partial charge in [0.2, 0.25) is 5.91 Å². The van der Waals surface area contributed by atoms with Crippen molar-refractivity contribution < 1.29 is 19.1 Å². The molecular weight excluding hydrogens is 396 g/mol. The number of nitrogens with zero attached hydrogens (tertiary/aromatic N) is 2. The van der Waals surface area contributed by atoms with Gasteiger partial charge in [-0.2, -0.15) is 0 Å². The average Bonchev–Trinajstić information content (AvgIpc) is 3.31. The van der Waals surface area contributed by atoms with Crippen molar-refractivity contribution in [1.82, 2.24) is 20.4 Å². The highest BCUT2D eigenvalue weighted by Gasteiger charge is 2.37. The molecule has 31 heavy (non-hydrogen) atoms. The number of benzene rings is 1. The van der Waals surface area contributed by atoms with E-state index in [0.29, 0.717) is 37.2 Å². The molecule has 0 unspecified atom stereocenters. The Morgan fingerprint density at radius 2 is 1.68 bits per heavy atom. The number of carbonyl (C=O) groups excluding carboxylic acids is 3. The van der Waals surface area contributed by atoms with Crippen LogP contribution in [0.4, 0.5) is 4.79 Å². The van der Waals surface area contributed by atoms with Crippen molar-refractivity contribution in [3.05, 3.63) is 29.8 Å². The molecule has 170 valence electrons. The summed E-state index contributed by atoms with van der Waals surface area (Å²) in [5.74, 6) is 0.292. The molecule has 2 aliphatic heterocycles. The molecule has 1 aromatic rings. The molecule has 2 aliphatic rings. The summed E-state index contributed by atoms with van der Waals surface area (Å²) in [7, 11) is 1.56. The number of carbonyl (C=O) groups is 3. The minimum atomic E-state index is -0.591. The van der Waals surface area contributed by atoms with Gasteiger partial charge in [0.25, 0.3) is 5.91 Å². The zero-order chi connectivity index (χ0) is 22.4. The Labute approximate surface area is 184 Å². The molecule has 8 nitrogen and oxygen atoms in total. The molecule has 0 aliphatic carbocycles. The average molecular weight is 431 g/mol. The first-order valence-electron chi connectivity index (χ1n) is 11.2. The highest BCUT2D eigenvalue weighted by molar-refractivity contribution is 5.98. The van der Waals surface area contributed by atoms with Crippen molar-refractivity contribution in [3.63, 3.8) is 0 Å². The number of ether oxygens (including phenoxy) is 1. The highest BCUT2D eigenvalue weighted by atomic mass is 16.5. The first-order valence-corrected chi connectivity index (χ1v) is 11.2. The summed E-state index contributed by atoms with van der Waals surface area (Å²) in [6.45, 7) is 6.48. The van der Waals surface area contributed by atoms with Crippen LogP contribution in [0.2, 0.25) is 0 Å². The minimum Gasteiger partial charge on any atom is -0.497 e. The minimum absolute atomic E-state index is 0.00856. The molecule has 8 heteroatoms. The van der Waals surface area contributed by atoms with E-state index >= 15 is 0 Å². The number of likely N-dealkylation sites (tertiary alicyclic amines) is 2. The number of piperidine rings is 1. The van der Waals surface area contributed by atoms with Gasteiger partial charge >= 0.3 is 6.03 Å². The summed E-state index contributed by atoms with van der Waals surface area (Å²) >= 11 is 0. The Kier molecular flexibility index (Phi) is 7.76. The molecule has 0 saturated carbocycles. The molecule has 0 bridgehead atoms. The molecule has 4 amide bonds. The molecule has 1 aromatic carbocycles. The van der Waals surface area contributed by atoms with Crippen molar-refractivity contribution in [2.45, 2.75) is 51.6 Å². The molecule has 0 spiro atoms. The van der Waals surface area contributed by atoms with Crippen molar-refractivity contribution >= 4 is 17.8 Å². The molecule has 1 atom stereocenters. The van der Waals surface area contributed by atoms with Crippen molar-refractivity contribution in [3.8, 4) is 5.75 Å². The SMILES string of the molecule is COc1cccc(C(=O)N[C@@H](C(=O)N2CCCC2)C2CCN(C(=O)NC(C)C)CC2)c1. The van der Waals surface area contributed by atoms with Crippen LogP contribution in [0.5, 0.6) is 5.75 Å². The number of rotatable bonds is 6. The van der Waals surface area contributed by atoms with Crippen LogP contribution in [0.15, 0.2) is 24.3 Å². The Morgan fingerprint density at radius 1 is 1.00 bits per heavy atom. The maximum absolute atomic E-state index is 13.3. The van der Waals surface area contributed by atoms with E-state index in [1.54, 1.807) is 36.3 Å². The summed E-state index contributed by atoms with van der Waals surface area (Å²) in [5.41, 5.74) is 0.465. The van der Waals surface area contributed by atoms with E-state index in [0.717, 1.165) is 25.9 Å². The lowest BCUT2D eigenvalue weighted by Gasteiger charge is -2.37. The van der Waals surface area contributed by atoms with E-state index < -0.39 is 6.04 Å². The van der Waals surface area contributed by atoms with Gasteiger partial charge in [0.05, 0.1) is 7.11 Å². The lowest BCUT2D eigenvalue weighted by molar-refractivity contribution is -0.134. The summed E-state index contributed by atoms with van der Waals surface area (Å²) in [6, 6.07) is 6.35. The smallest absolute Gasteiger partial charge is 0.317 e. The van der Waals surface area contributed by atoms with Gasteiger partial charge < -0.3 is 25.2 Å². The molecule has 2 N–H and O–H groups in total. The topological polar surface area (TPSA) is 91.0 Å². The zero-order valence-electron chi connectivity index (χ0n) is 18.7. The molecular formula is C23H34N4O4. The van der Waals surface area contributed by atoms with E-state index in [4.69, 9.17) is 4.74 Å². The molecule has 0 radical (unpaired) electrons. The third kappa shape index (κ3) is 5.89. The monoisotopic (exact) mass is 430 g/mol. The van der Waals surface area contributed by atoms with Crippen LogP contribution in [-0.2, 0) is 4.79 Å². The van der Waals surface area contributed by atoms with Crippen LogP contribution in [0.25, 0.3) is 0 Å². The lowest BCUT2D eigenvalue weighted by atomic mass is 9.88. The van der Waals surface area contributed by atoms with E-state index in [1.807, 2.05) is 18.7 Å². The van der Waals surface area contributed by atoms with Crippen LogP contribution < -0.4 is 15.4 Å². The van der Waals surface area contributed by atoms with Crippen LogP contribution in [-0.4, -0.2) is 73.0 Å². The number of amides is 4. The van der Waals surface area contributed by atoms with Crippen LogP contribution in [0.3, 0.4) is 0 Å². The van der Waals surface area contributed by atoms with E-state index in [2.05, 4.69) is 10.6 Å². The molecule has 2 saturated heterocycles. The van der Waals surface area contributed by atoms with Crippen molar-refractivity contribution in [1.29, 1.82) is 0 Å². The summed E-state index contributed by atoms with van der Waals surface area (Å²) in [4.78, 5) is 42.2. The van der Waals surface area contributed by atoms with E-state index in [-0.39, 0.29) is 29.8 Å². The Bertz CT molecular complexity index is 784. The van der Waals surface area contributed by atoms with Crippen LogP contribution in [0.1, 0.15) is 49.9 Å². The molecule has 0 aromatic heterocycles. The van der Waals surface area contributed by atoms with Gasteiger partial charge in [0.1, 0.15) is 11.8 Å². The van der Waals surface area contributed by atoms with Gasteiger partial charge in [0.15, 0.2) is 0 Å². The highest BCUT2D eigenvalue weighted by Crippen LogP contribution is 2.24. The number of hydrogen-bond acceptors (Lipinski definition) is 4. The predicted octanol–water partition coefficient (Wildman–Crippen LogP) is 2.25. The number of nitrogens with one attached hydrogen (secondary N) is 2. The van der Waals surface area contributed by atoms with Gasteiger partial charge in [-0.15, -0.1) is 0 Å². The lowest BCUT2D eigenvalue weighted by Crippen LogP contribution is -2.55. The molecule has 2 heterocycles. The fraction of sp³-hybridized carbons (Fsp3) is 0.609. The predicted molar refractivity (Wildman–Crippen MR) is 118 cm³/mol. The first kappa shape index (κ1) is 22.9. The summed E-state index contributed by atoms with van der Waals surface area (Å²) in [5, 5.41) is 5.92. The third-order valence-corrected chi connectivity index (χ3v) is 6.01. The Hall–Kier alpha value is -2.77. The fourth-order valence-electron chi connectivity index (χ4n) is 4.28. The number of hydrogen-bond donors (Lipinski definition) is 2. The molecule has 2 fully saturated rings. The second-order valence-corrected chi connectivity index (χ2v) is 8.64. The van der Waals surface area contributed by atoms with Gasteiger partial charge in [-0.25, -0.2) is 4.79 Å². The standard InChI is InChI=1S/C23H34N4O4/c1-16(2)24-23(30)27-13-9-17(10-14-27)20(22(29)26-11-4-5-12-26)25-21(28)18-7-6-8-19(15-18)31-3/h6-8,15-17,20H,4-5,9-14H2,1-3H3,(H,24,30)(H,25,28)/t20-/m1/s1. The van der Waals surface area contributed by atoms with Gasteiger partial charge in [0, 0.05) is 37.8 Å². The first-order chi connectivity index (χ1) is 14.9. The number of urea groups is 1. The van der Waals surface area contributed by atoms with E-state index in [1.165, 1.54) is 0 Å². The van der Waals surface area contributed by atoms with Crippen LogP contribution in [0, 0.1) is 5.92 Å². The maximum atomic E-state index is 13.3. The maximum Gasteiger partial charge on any atom is 0.317 e. The zero-order valence-corrected chi connectivity index (χ0v) is 18.7. The third-order valence-electron chi connectivity index (χ3n) is 6.01. The Balaban J connectivity index is 1.70. The number of methoxy groups -OCH3 is 1. The van der Waals surface area contributed by atoms with Crippen molar-refractivity contribution in [2.24, 2.45) is 5.92 Å². The second kappa shape index (κ2) is 10.5.